The molecule has 0 amide bonds. The van der Waals surface area contributed by atoms with Crippen LogP contribution in [-0.2, 0) is 6.54 Å². The van der Waals surface area contributed by atoms with E-state index in [2.05, 4.69) is 30.6 Å². The van der Waals surface area contributed by atoms with Gasteiger partial charge in [-0.3, -0.25) is 19.5 Å². The molecule has 202 valence electrons. The highest BCUT2D eigenvalue weighted by atomic mass is 16.6. The zero-order valence-corrected chi connectivity index (χ0v) is 21.8. The number of nitro groups is 1. The van der Waals surface area contributed by atoms with Crippen LogP contribution in [0.15, 0.2) is 71.5 Å². The first kappa shape index (κ1) is 26.0. The van der Waals surface area contributed by atoms with Gasteiger partial charge in [-0.05, 0) is 43.3 Å². The molecule has 3 aromatic carbocycles. The van der Waals surface area contributed by atoms with Crippen LogP contribution in [0.5, 0.6) is 11.5 Å². The summed E-state index contributed by atoms with van der Waals surface area (Å²) in [5.41, 5.74) is 1.39. The van der Waals surface area contributed by atoms with Crippen molar-refractivity contribution in [2.45, 2.75) is 13.5 Å². The monoisotopic (exact) mass is 540 g/mol. The van der Waals surface area contributed by atoms with Crippen molar-refractivity contribution in [2.24, 2.45) is 0 Å². The number of fused-ring (bicyclic) bond motifs is 1. The number of rotatable bonds is 9. The van der Waals surface area contributed by atoms with E-state index >= 15 is 0 Å². The van der Waals surface area contributed by atoms with Gasteiger partial charge in [0.1, 0.15) is 17.3 Å². The highest BCUT2D eigenvalue weighted by Gasteiger charge is 2.15. The third kappa shape index (κ3) is 5.48. The molecule has 0 fully saturated rings. The minimum atomic E-state index is -0.480. The lowest BCUT2D eigenvalue weighted by atomic mass is 10.2. The Balaban J connectivity index is 1.56. The summed E-state index contributed by atoms with van der Waals surface area (Å²) >= 11 is 0. The van der Waals surface area contributed by atoms with E-state index < -0.39 is 4.92 Å². The predicted molar refractivity (Wildman–Crippen MR) is 149 cm³/mol. The van der Waals surface area contributed by atoms with Gasteiger partial charge in [0, 0.05) is 23.9 Å². The molecular formula is C27H24N8O5. The number of benzene rings is 3. The fourth-order valence-corrected chi connectivity index (χ4v) is 4.04. The van der Waals surface area contributed by atoms with Gasteiger partial charge in [0.2, 0.25) is 11.9 Å². The van der Waals surface area contributed by atoms with Crippen molar-refractivity contribution < 1.29 is 14.4 Å². The van der Waals surface area contributed by atoms with E-state index in [0.717, 1.165) is 0 Å². The first-order chi connectivity index (χ1) is 19.3. The molecule has 2 heterocycles. The molecule has 13 heteroatoms. The Morgan fingerprint density at radius 2 is 1.62 bits per heavy atom. The van der Waals surface area contributed by atoms with E-state index in [-0.39, 0.29) is 35.5 Å². The number of aryl methyl sites for hydroxylation is 1. The maximum atomic E-state index is 13.3. The Hall–Kier alpha value is -5.59. The van der Waals surface area contributed by atoms with E-state index in [1.165, 1.54) is 23.8 Å². The Morgan fingerprint density at radius 1 is 0.900 bits per heavy atom. The van der Waals surface area contributed by atoms with Crippen LogP contribution >= 0.6 is 0 Å². The van der Waals surface area contributed by atoms with Gasteiger partial charge in [-0.2, -0.15) is 15.0 Å². The molecule has 13 nitrogen and oxygen atoms in total. The van der Waals surface area contributed by atoms with Crippen LogP contribution in [0, 0.1) is 17.0 Å². The summed E-state index contributed by atoms with van der Waals surface area (Å²) in [4.78, 5) is 41.9. The highest BCUT2D eigenvalue weighted by Crippen LogP contribution is 2.31. The number of nitrogens with zero attached hydrogens (tertiary/aromatic N) is 6. The van der Waals surface area contributed by atoms with Crippen molar-refractivity contribution in [2.75, 3.05) is 24.9 Å². The summed E-state index contributed by atoms with van der Waals surface area (Å²) in [6.45, 7) is 1.76. The van der Waals surface area contributed by atoms with Crippen LogP contribution in [0.3, 0.4) is 0 Å². The molecule has 0 atom stereocenters. The summed E-state index contributed by atoms with van der Waals surface area (Å²) < 4.78 is 12.3. The molecule has 0 aliphatic rings. The third-order valence-electron chi connectivity index (χ3n) is 6.02. The normalized spacial score (nSPS) is 10.8. The second kappa shape index (κ2) is 11.0. The fraction of sp³-hybridized carbons (Fsp3) is 0.148. The van der Waals surface area contributed by atoms with E-state index in [9.17, 15) is 14.9 Å². The average molecular weight is 541 g/mol. The number of anilines is 4. The van der Waals surface area contributed by atoms with Crippen LogP contribution < -0.4 is 25.7 Å². The van der Waals surface area contributed by atoms with Crippen LogP contribution in [-0.4, -0.2) is 43.6 Å². The summed E-state index contributed by atoms with van der Waals surface area (Å²) in [5, 5.41) is 17.7. The summed E-state index contributed by atoms with van der Waals surface area (Å²) in [6.07, 6.45) is 0. The van der Waals surface area contributed by atoms with Crippen LogP contribution in [0.1, 0.15) is 11.6 Å². The Kier molecular flexibility index (Phi) is 7.18. The maximum Gasteiger partial charge on any atom is 0.269 e. The third-order valence-corrected chi connectivity index (χ3v) is 6.02. The number of hydrogen-bond acceptors (Lipinski definition) is 11. The number of non-ortho nitro benzene ring substituents is 1. The van der Waals surface area contributed by atoms with Crippen LogP contribution in [0.2, 0.25) is 0 Å². The Labute approximate surface area is 227 Å². The van der Waals surface area contributed by atoms with Gasteiger partial charge >= 0.3 is 0 Å². The predicted octanol–water partition coefficient (Wildman–Crippen LogP) is 4.35. The van der Waals surface area contributed by atoms with Crippen LogP contribution in [0.25, 0.3) is 10.9 Å². The van der Waals surface area contributed by atoms with Gasteiger partial charge in [0.25, 0.3) is 11.2 Å². The van der Waals surface area contributed by atoms with E-state index in [0.29, 0.717) is 39.6 Å². The molecule has 0 aliphatic heterocycles. The van der Waals surface area contributed by atoms with Gasteiger partial charge in [-0.15, -0.1) is 0 Å². The average Bonchev–Trinajstić information content (AvgIpc) is 2.95. The minimum Gasteiger partial charge on any atom is -0.497 e. The number of nitro benzene ring substituents is 1. The molecule has 0 bridgehead atoms. The molecule has 0 unspecified atom stereocenters. The zero-order chi connectivity index (χ0) is 28.2. The molecule has 0 radical (unpaired) electrons. The van der Waals surface area contributed by atoms with E-state index in [1.807, 2.05) is 6.07 Å². The largest absolute Gasteiger partial charge is 0.497 e. The molecule has 5 aromatic rings. The maximum absolute atomic E-state index is 13.3. The first-order valence-electron chi connectivity index (χ1n) is 12.1. The molecule has 0 saturated heterocycles. The molecular weight excluding hydrogens is 516 g/mol. The first-order valence-corrected chi connectivity index (χ1v) is 12.1. The highest BCUT2D eigenvalue weighted by molar-refractivity contribution is 5.77. The van der Waals surface area contributed by atoms with Crippen molar-refractivity contribution in [3.8, 4) is 11.5 Å². The van der Waals surface area contributed by atoms with Crippen molar-refractivity contribution in [1.82, 2.24) is 24.5 Å². The summed E-state index contributed by atoms with van der Waals surface area (Å²) in [6, 6.07) is 18.2. The quantitative estimate of drug-likeness (QED) is 0.202. The summed E-state index contributed by atoms with van der Waals surface area (Å²) in [5.74, 6) is 2.21. The molecule has 0 saturated carbocycles. The molecule has 2 N–H and O–H groups in total. The van der Waals surface area contributed by atoms with Gasteiger partial charge in [-0.25, -0.2) is 4.98 Å². The van der Waals surface area contributed by atoms with Crippen molar-refractivity contribution in [3.05, 3.63) is 98.8 Å². The minimum absolute atomic E-state index is 0.0177. The summed E-state index contributed by atoms with van der Waals surface area (Å²) in [7, 11) is 3.09. The number of nitrogens with one attached hydrogen (secondary N) is 2. The second-order valence-corrected chi connectivity index (χ2v) is 8.59. The van der Waals surface area contributed by atoms with Gasteiger partial charge in [0.15, 0.2) is 5.82 Å². The van der Waals surface area contributed by atoms with Crippen molar-refractivity contribution in [3.63, 3.8) is 0 Å². The number of methoxy groups -OCH3 is 2. The Morgan fingerprint density at radius 3 is 2.33 bits per heavy atom. The lowest BCUT2D eigenvalue weighted by molar-refractivity contribution is -0.384. The number of para-hydroxylation sites is 1. The smallest absolute Gasteiger partial charge is 0.269 e. The van der Waals surface area contributed by atoms with E-state index in [4.69, 9.17) is 9.47 Å². The lowest BCUT2D eigenvalue weighted by Gasteiger charge is -2.14. The molecule has 0 spiro atoms. The van der Waals surface area contributed by atoms with Gasteiger partial charge in [-0.1, -0.05) is 12.1 Å². The van der Waals surface area contributed by atoms with Gasteiger partial charge in [0.05, 0.1) is 42.3 Å². The van der Waals surface area contributed by atoms with E-state index in [1.54, 1.807) is 62.6 Å². The molecule has 0 aliphatic carbocycles. The molecule has 40 heavy (non-hydrogen) atoms. The lowest BCUT2D eigenvalue weighted by Crippen LogP contribution is -2.25. The van der Waals surface area contributed by atoms with Crippen LogP contribution in [0.4, 0.5) is 29.0 Å². The topological polar surface area (TPSA) is 159 Å². The number of hydrogen-bond donors (Lipinski definition) is 2. The second-order valence-electron chi connectivity index (χ2n) is 8.59. The fourth-order valence-electron chi connectivity index (χ4n) is 4.04. The number of ether oxygens (including phenoxy) is 2. The standard InChI is InChI=1S/C27H24N8O5/c1-16-28-21-7-5-4-6-20(21)25(36)34(16)15-24-31-26(29-17-8-10-18(11-9-17)35(37)38)33-27(32-24)30-22-14-19(39-2)12-13-23(22)40-3/h4-14H,15H2,1-3H3,(H2,29,30,31,32,33). The molecule has 5 rings (SSSR count). The SMILES string of the molecule is COc1ccc(OC)c(Nc2nc(Cn3c(C)nc4ccccc4c3=O)nc(Nc3ccc([N+](=O)[O-])cc3)n2)c1. The number of aromatic nitrogens is 5. The molecule has 2 aromatic heterocycles. The van der Waals surface area contributed by atoms with Crippen molar-refractivity contribution >= 4 is 39.9 Å². The van der Waals surface area contributed by atoms with Gasteiger partial charge < -0.3 is 20.1 Å². The van der Waals surface area contributed by atoms with Crippen molar-refractivity contribution in [1.29, 1.82) is 0 Å². The Bertz CT molecular complexity index is 1770. The zero-order valence-electron chi connectivity index (χ0n) is 21.8.